The number of benzene rings is 7. The number of phenolic OH excluding ortho intramolecular Hbond substituents is 2. The summed E-state index contributed by atoms with van der Waals surface area (Å²) in [5, 5.41) is 28.8. The normalized spacial score (nSPS) is 14.4. The van der Waals surface area contributed by atoms with Crippen LogP contribution in [0.3, 0.4) is 0 Å². The molecule has 2 aliphatic carbocycles. The Balaban J connectivity index is 1.08. The molecule has 7 heteroatoms. The first-order valence-corrected chi connectivity index (χ1v) is 33.0. The molecule has 0 aliphatic heterocycles. The minimum atomic E-state index is -0.369. The molecule has 0 radical (unpaired) electrons. The molecule has 10 rings (SSSR count). The van der Waals surface area contributed by atoms with Gasteiger partial charge in [-0.25, -0.2) is 4.39 Å². The summed E-state index contributed by atoms with van der Waals surface area (Å²) in [6.07, 6.45) is 11.0. The predicted octanol–water partition coefficient (Wildman–Crippen LogP) is 22.9. The van der Waals surface area contributed by atoms with Crippen LogP contribution in [-0.2, 0) is 56.1 Å². The maximum atomic E-state index is 16.3. The Labute approximate surface area is 534 Å². The van der Waals surface area contributed by atoms with Crippen molar-refractivity contribution in [1.29, 1.82) is 0 Å². The van der Waals surface area contributed by atoms with Crippen molar-refractivity contribution in [2.24, 2.45) is 10.8 Å². The summed E-state index contributed by atoms with van der Waals surface area (Å²) < 4.78 is 31.0. The molecule has 0 spiro atoms. The van der Waals surface area contributed by atoms with Crippen molar-refractivity contribution < 1.29 is 28.1 Å². The molecule has 8 aromatic rings. The van der Waals surface area contributed by atoms with Gasteiger partial charge in [-0.15, -0.1) is 0 Å². The zero-order valence-corrected chi connectivity index (χ0v) is 57.7. The highest BCUT2D eigenvalue weighted by molar-refractivity contribution is 6.10. The summed E-state index contributed by atoms with van der Waals surface area (Å²) in [5.74, 6) is 2.13. The number of hydrogen-bond acceptors (Lipinski definition) is 3. The summed E-state index contributed by atoms with van der Waals surface area (Å²) in [7, 11) is 11.0. The highest BCUT2D eigenvalue weighted by Gasteiger charge is 2.36. The standard InChI is InChI=1S/C82H104FNO5/c1-50-37-58(83)46-66(64-40-56(81(15,16)48-77(3,4)5)42-68(73(64)85)72-60-29-24-22-27-52(60)39-53-28-23-25-30-61(53)72)75(50)88(20)35-26-36-89(21)76-51(2)38-59(87-19)47-67(76)65-41-57(82(17,18)49-78(6,7)8)45-71(74(65)86)84-69-43-54(79(9,10)11)31-33-62(69)63-34-32-55(44-70(63)84)80(12,13)14/h31-34,37-47,85-86H,20-30,35-36,48-49H2,1-19H3. The lowest BCUT2D eigenvalue weighted by Gasteiger charge is -2.36. The van der Waals surface area contributed by atoms with Gasteiger partial charge in [-0.2, -0.15) is 0 Å². The number of ether oxygens (including phenoxy) is 1. The van der Waals surface area contributed by atoms with Gasteiger partial charge in [0.2, 0.25) is 11.5 Å². The van der Waals surface area contributed by atoms with E-state index >= 15 is 4.39 Å². The SMILES string of the molecule is [CH2-][O+](CCC[O+]([CH2-])c1c(C)cc(OC)cc1-c1cc(C(C)(C)CC(C)(C)C)cc(-n2c3cc(C(C)(C)C)ccc3c3ccc(C(C)(C)C)cc32)c1O)c1c(C)cc(F)cc1-c1cc(C(C)(C)CC(C)(C)C)cc(-c2c3c(cc4c2CCCC4)CCCC3)c1O. The Morgan fingerprint density at radius 3 is 1.40 bits per heavy atom. The van der Waals surface area contributed by atoms with Gasteiger partial charge in [0.05, 0.1) is 35.0 Å². The van der Waals surface area contributed by atoms with E-state index in [0.717, 1.165) is 107 Å². The number of aryl methyl sites for hydroxylation is 4. The van der Waals surface area contributed by atoms with E-state index < -0.39 is 0 Å². The van der Waals surface area contributed by atoms with Gasteiger partial charge in [0.15, 0.2) is 13.2 Å². The predicted molar refractivity (Wildman–Crippen MR) is 374 cm³/mol. The van der Waals surface area contributed by atoms with Crippen LogP contribution < -0.4 is 4.74 Å². The van der Waals surface area contributed by atoms with Gasteiger partial charge < -0.3 is 28.3 Å². The van der Waals surface area contributed by atoms with Crippen molar-refractivity contribution in [2.45, 2.75) is 217 Å². The van der Waals surface area contributed by atoms with Crippen molar-refractivity contribution in [3.05, 3.63) is 167 Å². The number of methoxy groups -OCH3 is 1. The third kappa shape index (κ3) is 13.1. The van der Waals surface area contributed by atoms with Gasteiger partial charge in [0, 0.05) is 38.6 Å². The molecule has 474 valence electrons. The molecule has 0 amide bonds. The number of halogens is 1. The molecule has 0 bridgehead atoms. The summed E-state index contributed by atoms with van der Waals surface area (Å²) in [6.45, 7) is 41.4. The van der Waals surface area contributed by atoms with Gasteiger partial charge in [-0.1, -0.05) is 141 Å². The minimum absolute atomic E-state index is 0.000276. The lowest BCUT2D eigenvalue weighted by atomic mass is 9.70. The second-order valence-electron chi connectivity index (χ2n) is 32.5. The molecule has 2 N–H and O–H groups in total. The number of phenols is 2. The van der Waals surface area contributed by atoms with E-state index in [1.807, 2.05) is 19.1 Å². The Kier molecular flexibility index (Phi) is 17.5. The quantitative estimate of drug-likeness (QED) is 0.0794. The van der Waals surface area contributed by atoms with Gasteiger partial charge >= 0.3 is 0 Å². The van der Waals surface area contributed by atoms with E-state index in [1.54, 1.807) is 19.2 Å². The highest BCUT2D eigenvalue weighted by atomic mass is 19.1. The van der Waals surface area contributed by atoms with E-state index in [0.29, 0.717) is 59.1 Å². The van der Waals surface area contributed by atoms with Crippen molar-refractivity contribution in [3.63, 3.8) is 0 Å². The highest BCUT2D eigenvalue weighted by Crippen LogP contribution is 2.54. The summed E-state index contributed by atoms with van der Waals surface area (Å²) in [4.78, 5) is 0. The van der Waals surface area contributed by atoms with Crippen LogP contribution in [0.2, 0.25) is 0 Å². The molecule has 1 aromatic heterocycles. The first-order chi connectivity index (χ1) is 41.5. The van der Waals surface area contributed by atoms with E-state index in [1.165, 1.54) is 51.8 Å². The molecule has 2 aliphatic rings. The van der Waals surface area contributed by atoms with E-state index in [2.05, 4.69) is 205 Å². The maximum Gasteiger partial charge on any atom is 0.238 e. The number of fused-ring (bicyclic) bond motifs is 5. The van der Waals surface area contributed by atoms with Crippen LogP contribution in [-0.4, -0.2) is 35.1 Å². The van der Waals surface area contributed by atoms with Crippen LogP contribution in [0.25, 0.3) is 60.9 Å². The Hall–Kier alpha value is -6.73. The average molecular weight is 1200 g/mol. The summed E-state index contributed by atoms with van der Waals surface area (Å²) >= 11 is 0. The topological polar surface area (TPSA) is 60.0 Å². The van der Waals surface area contributed by atoms with Crippen molar-refractivity contribution in [3.8, 4) is 67.8 Å². The van der Waals surface area contributed by atoms with Crippen LogP contribution in [0, 0.1) is 44.7 Å². The minimum Gasteiger partial charge on any atom is -0.711 e. The number of aromatic nitrogens is 1. The van der Waals surface area contributed by atoms with Crippen LogP contribution >= 0.6 is 0 Å². The van der Waals surface area contributed by atoms with Crippen LogP contribution in [0.15, 0.2) is 91.0 Å². The lowest BCUT2D eigenvalue weighted by Crippen LogP contribution is -2.25. The van der Waals surface area contributed by atoms with E-state index in [9.17, 15) is 10.2 Å². The second kappa shape index (κ2) is 23.8. The Morgan fingerprint density at radius 1 is 0.494 bits per heavy atom. The largest absolute Gasteiger partial charge is 0.711 e. The Bertz CT molecular complexity index is 3900. The molecular weight excluding hydrogens is 1100 g/mol. The van der Waals surface area contributed by atoms with E-state index in [-0.39, 0.29) is 49.8 Å². The van der Waals surface area contributed by atoms with Crippen molar-refractivity contribution in [2.75, 3.05) is 20.3 Å². The molecule has 0 saturated heterocycles. The molecule has 6 nitrogen and oxygen atoms in total. The molecule has 1 heterocycles. The monoisotopic (exact) mass is 1200 g/mol. The number of aromatic hydroxyl groups is 2. The van der Waals surface area contributed by atoms with Crippen LogP contribution in [0.1, 0.15) is 211 Å². The maximum absolute atomic E-state index is 16.3. The van der Waals surface area contributed by atoms with E-state index in [4.69, 9.17) is 11.8 Å². The molecule has 7 aromatic carbocycles. The van der Waals surface area contributed by atoms with Gasteiger partial charge in [-0.3, -0.25) is 0 Å². The fraction of sp³-hybridized carbons (Fsp3) is 0.463. The first-order valence-electron chi connectivity index (χ1n) is 33.0. The molecule has 0 atom stereocenters. The fourth-order valence-electron chi connectivity index (χ4n) is 15.7. The lowest BCUT2D eigenvalue weighted by molar-refractivity contribution is -0.0170. The molecule has 0 unspecified atom stereocenters. The number of nitrogens with zero attached hydrogens (tertiary/aromatic N) is 1. The third-order valence-corrected chi connectivity index (χ3v) is 19.4. The Morgan fingerprint density at radius 2 is 0.933 bits per heavy atom. The van der Waals surface area contributed by atoms with Gasteiger partial charge in [0.25, 0.3) is 0 Å². The zero-order chi connectivity index (χ0) is 64.8. The number of hydrogen-bond donors (Lipinski definition) is 2. The van der Waals surface area contributed by atoms with Crippen molar-refractivity contribution in [1.82, 2.24) is 4.57 Å². The zero-order valence-electron chi connectivity index (χ0n) is 57.7. The first kappa shape index (κ1) is 65.2. The van der Waals surface area contributed by atoms with Crippen LogP contribution in [0.4, 0.5) is 4.39 Å². The smallest absolute Gasteiger partial charge is 0.238 e. The summed E-state index contributed by atoms with van der Waals surface area (Å²) in [5.41, 5.74) is 18.6. The molecule has 89 heavy (non-hydrogen) atoms. The van der Waals surface area contributed by atoms with Crippen molar-refractivity contribution >= 4 is 21.8 Å². The van der Waals surface area contributed by atoms with Gasteiger partial charge in [0.1, 0.15) is 29.5 Å². The third-order valence-electron chi connectivity index (χ3n) is 19.4. The number of rotatable bonds is 15. The van der Waals surface area contributed by atoms with Crippen LogP contribution in [0.5, 0.6) is 28.7 Å². The van der Waals surface area contributed by atoms with Gasteiger partial charge in [-0.05, 0) is 235 Å². The second-order valence-corrected chi connectivity index (χ2v) is 32.5. The average Bonchev–Trinajstić information content (AvgIpc) is 1.67. The fourth-order valence-corrected chi connectivity index (χ4v) is 15.7. The molecular formula is C82H104FNO5. The summed E-state index contributed by atoms with van der Waals surface area (Å²) in [6, 6.07) is 32.2. The molecule has 0 fully saturated rings. The molecule has 0 saturated carbocycles.